The van der Waals surface area contributed by atoms with E-state index < -0.39 is 23.5 Å². The summed E-state index contributed by atoms with van der Waals surface area (Å²) < 4.78 is 12.2. The van der Waals surface area contributed by atoms with Crippen molar-refractivity contribution in [1.29, 1.82) is 0 Å². The molecule has 4 aromatic rings. The van der Waals surface area contributed by atoms with Gasteiger partial charge in [0.15, 0.2) is 0 Å². The van der Waals surface area contributed by atoms with Gasteiger partial charge in [-0.05, 0) is 54.7 Å². The molecule has 0 fully saturated rings. The molecule has 0 bridgehead atoms. The summed E-state index contributed by atoms with van der Waals surface area (Å²) in [6, 6.07) is 10.4. The number of aryl methyl sites for hydroxylation is 1. The van der Waals surface area contributed by atoms with Gasteiger partial charge in [0.25, 0.3) is 0 Å². The van der Waals surface area contributed by atoms with E-state index in [2.05, 4.69) is 21.2 Å². The Balaban J connectivity index is 1.71. The first-order valence-corrected chi connectivity index (χ1v) is 12.7. The Morgan fingerprint density at radius 1 is 1.15 bits per heavy atom. The van der Waals surface area contributed by atoms with Crippen LogP contribution in [0.1, 0.15) is 17.5 Å². The minimum absolute atomic E-state index is 0.201. The standard InChI is InChI=1S/C25H22BrNO6S/c1-13-16-9-18-19(14-3-5-15(26)6-4-14)12-32-21(18)11-22(16)33-25(31)17(13)10-23(28)27-20(24(29)30)7-8-34-2/h3-6,9,11-12,20H,7-8,10H2,1-2H3,(H,27,28)(H,29,30)/t20-/m1/s1. The molecular weight excluding hydrogens is 522 g/mol. The highest BCUT2D eigenvalue weighted by atomic mass is 79.9. The van der Waals surface area contributed by atoms with Crippen LogP contribution in [0.15, 0.2) is 60.8 Å². The van der Waals surface area contributed by atoms with E-state index in [-0.39, 0.29) is 12.0 Å². The summed E-state index contributed by atoms with van der Waals surface area (Å²) in [5, 5.41) is 13.4. The van der Waals surface area contributed by atoms with Crippen LogP contribution >= 0.6 is 27.7 Å². The normalized spacial score (nSPS) is 12.2. The number of amides is 1. The molecular formula is C25H22BrNO6S. The molecule has 0 aliphatic rings. The van der Waals surface area contributed by atoms with Crippen LogP contribution in [-0.2, 0) is 16.0 Å². The van der Waals surface area contributed by atoms with E-state index in [9.17, 15) is 19.5 Å². The average molecular weight is 544 g/mol. The molecule has 0 saturated carbocycles. The van der Waals surface area contributed by atoms with E-state index in [4.69, 9.17) is 8.83 Å². The molecule has 2 N–H and O–H groups in total. The van der Waals surface area contributed by atoms with Crippen molar-refractivity contribution in [2.45, 2.75) is 25.8 Å². The summed E-state index contributed by atoms with van der Waals surface area (Å²) >= 11 is 4.93. The summed E-state index contributed by atoms with van der Waals surface area (Å²) in [5.41, 5.74) is 2.99. The highest BCUT2D eigenvalue weighted by molar-refractivity contribution is 9.10. The third kappa shape index (κ3) is 4.90. The summed E-state index contributed by atoms with van der Waals surface area (Å²) in [4.78, 5) is 36.7. The number of hydrogen-bond acceptors (Lipinski definition) is 6. The van der Waals surface area contributed by atoms with Crippen molar-refractivity contribution < 1.29 is 23.5 Å². The van der Waals surface area contributed by atoms with Crippen LogP contribution in [0.25, 0.3) is 33.1 Å². The van der Waals surface area contributed by atoms with Gasteiger partial charge < -0.3 is 19.3 Å². The van der Waals surface area contributed by atoms with Crippen LogP contribution in [0.2, 0.25) is 0 Å². The second-order valence-corrected chi connectivity index (χ2v) is 9.81. The number of hydrogen-bond donors (Lipinski definition) is 2. The van der Waals surface area contributed by atoms with E-state index in [0.717, 1.165) is 21.0 Å². The zero-order valence-electron chi connectivity index (χ0n) is 18.5. The van der Waals surface area contributed by atoms with E-state index in [0.29, 0.717) is 34.3 Å². The van der Waals surface area contributed by atoms with Crippen LogP contribution < -0.4 is 10.9 Å². The summed E-state index contributed by atoms with van der Waals surface area (Å²) in [5.74, 6) is -1.05. The molecule has 1 amide bonds. The first kappa shape index (κ1) is 24.1. The molecule has 2 heterocycles. The van der Waals surface area contributed by atoms with Gasteiger partial charge in [0.2, 0.25) is 5.91 Å². The van der Waals surface area contributed by atoms with Gasteiger partial charge in [-0.15, -0.1) is 0 Å². The van der Waals surface area contributed by atoms with E-state index >= 15 is 0 Å². The van der Waals surface area contributed by atoms with Crippen molar-refractivity contribution in [2.24, 2.45) is 0 Å². The predicted octanol–water partition coefficient (Wildman–Crippen LogP) is 5.14. The van der Waals surface area contributed by atoms with Gasteiger partial charge in [0.05, 0.1) is 18.2 Å². The van der Waals surface area contributed by atoms with Gasteiger partial charge in [-0.3, -0.25) is 4.79 Å². The fraction of sp³-hybridized carbons (Fsp3) is 0.240. The Hall–Kier alpha value is -3.04. The molecule has 0 spiro atoms. The molecule has 1 atom stereocenters. The lowest BCUT2D eigenvalue weighted by molar-refractivity contribution is -0.141. The van der Waals surface area contributed by atoms with Gasteiger partial charge in [0.1, 0.15) is 17.2 Å². The molecule has 4 rings (SSSR count). The van der Waals surface area contributed by atoms with Crippen LogP contribution in [0.5, 0.6) is 0 Å². The molecule has 0 radical (unpaired) electrons. The monoisotopic (exact) mass is 543 g/mol. The maximum Gasteiger partial charge on any atom is 0.340 e. The second-order valence-electron chi connectivity index (χ2n) is 7.91. The van der Waals surface area contributed by atoms with Gasteiger partial charge in [-0.25, -0.2) is 9.59 Å². The van der Waals surface area contributed by atoms with Crippen molar-refractivity contribution in [3.8, 4) is 11.1 Å². The van der Waals surface area contributed by atoms with Gasteiger partial charge >= 0.3 is 11.6 Å². The lowest BCUT2D eigenvalue weighted by Gasteiger charge is -2.14. The zero-order chi connectivity index (χ0) is 24.4. The molecule has 2 aromatic heterocycles. The van der Waals surface area contributed by atoms with Crippen molar-refractivity contribution in [3.63, 3.8) is 0 Å². The maximum atomic E-state index is 12.7. The van der Waals surface area contributed by atoms with Crippen LogP contribution in [0.3, 0.4) is 0 Å². The number of nitrogens with one attached hydrogen (secondary N) is 1. The Labute approximate surface area is 207 Å². The number of carboxylic acid groups (broad SMARTS) is 1. The summed E-state index contributed by atoms with van der Waals surface area (Å²) in [7, 11) is 0. The molecule has 0 unspecified atom stereocenters. The Kier molecular flexibility index (Phi) is 7.13. The molecule has 34 heavy (non-hydrogen) atoms. The molecule has 0 aliphatic carbocycles. The first-order valence-electron chi connectivity index (χ1n) is 10.5. The van der Waals surface area contributed by atoms with Crippen molar-refractivity contribution in [3.05, 3.63) is 68.7 Å². The maximum absolute atomic E-state index is 12.7. The number of halogens is 1. The Morgan fingerprint density at radius 3 is 2.56 bits per heavy atom. The SMILES string of the molecule is CSCC[C@@H](NC(=O)Cc1c(C)c2cc3c(-c4ccc(Br)cc4)coc3cc2oc1=O)C(=O)O. The molecule has 7 nitrogen and oxygen atoms in total. The van der Waals surface area contributed by atoms with E-state index in [1.807, 2.05) is 36.6 Å². The molecule has 0 saturated heterocycles. The molecule has 0 aliphatic heterocycles. The molecule has 176 valence electrons. The Bertz CT molecular complexity index is 1440. The fourth-order valence-corrected chi connectivity index (χ4v) is 4.60. The number of aliphatic carboxylic acids is 1. The number of thioether (sulfide) groups is 1. The lowest BCUT2D eigenvalue weighted by Crippen LogP contribution is -2.42. The first-order chi connectivity index (χ1) is 16.3. The van der Waals surface area contributed by atoms with E-state index in [1.54, 1.807) is 19.3 Å². The number of fused-ring (bicyclic) bond motifs is 2. The quantitative estimate of drug-likeness (QED) is 0.296. The summed E-state index contributed by atoms with van der Waals surface area (Å²) in [6.45, 7) is 1.76. The second kappa shape index (κ2) is 10.1. The van der Waals surface area contributed by atoms with Crippen molar-refractivity contribution in [1.82, 2.24) is 5.32 Å². The number of benzene rings is 2. The minimum atomic E-state index is -1.10. The average Bonchev–Trinajstić information content (AvgIpc) is 3.21. The third-order valence-corrected chi connectivity index (χ3v) is 6.89. The Morgan fingerprint density at radius 2 is 1.88 bits per heavy atom. The number of carboxylic acids is 1. The van der Waals surface area contributed by atoms with Crippen molar-refractivity contribution in [2.75, 3.05) is 12.0 Å². The zero-order valence-corrected chi connectivity index (χ0v) is 20.9. The third-order valence-electron chi connectivity index (χ3n) is 5.72. The highest BCUT2D eigenvalue weighted by Crippen LogP contribution is 2.35. The van der Waals surface area contributed by atoms with E-state index in [1.165, 1.54) is 11.8 Å². The van der Waals surface area contributed by atoms with Crippen molar-refractivity contribution >= 4 is 61.5 Å². The van der Waals surface area contributed by atoms with Crippen LogP contribution in [0.4, 0.5) is 0 Å². The number of furan rings is 1. The minimum Gasteiger partial charge on any atom is -0.480 e. The van der Waals surface area contributed by atoms with Gasteiger partial charge in [-0.2, -0.15) is 11.8 Å². The number of carbonyl (C=O) groups is 2. The smallest absolute Gasteiger partial charge is 0.340 e. The van der Waals surface area contributed by atoms with Crippen LogP contribution in [0, 0.1) is 6.92 Å². The number of carbonyl (C=O) groups excluding carboxylic acids is 1. The fourth-order valence-electron chi connectivity index (χ4n) is 3.87. The number of rotatable bonds is 8. The highest BCUT2D eigenvalue weighted by Gasteiger charge is 2.22. The van der Waals surface area contributed by atoms with Gasteiger partial charge in [0, 0.05) is 26.9 Å². The topological polar surface area (TPSA) is 110 Å². The van der Waals surface area contributed by atoms with Gasteiger partial charge in [-0.1, -0.05) is 28.1 Å². The predicted molar refractivity (Wildman–Crippen MR) is 136 cm³/mol. The molecule has 9 heteroatoms. The van der Waals surface area contributed by atoms with Crippen LogP contribution in [-0.4, -0.2) is 35.0 Å². The molecule has 2 aromatic carbocycles. The largest absolute Gasteiger partial charge is 0.480 e. The lowest BCUT2D eigenvalue weighted by atomic mass is 9.99. The summed E-state index contributed by atoms with van der Waals surface area (Å²) in [6.07, 6.45) is 3.56.